The number of rotatable bonds is 5. The Morgan fingerprint density at radius 3 is 2.53 bits per heavy atom. The van der Waals surface area contributed by atoms with Crippen molar-refractivity contribution in [3.8, 4) is 0 Å². The van der Waals surface area contributed by atoms with Crippen LogP contribution in [0.15, 0.2) is 18.2 Å². The second-order valence-corrected chi connectivity index (χ2v) is 3.74. The third-order valence-electron chi connectivity index (χ3n) is 2.48. The summed E-state index contributed by atoms with van der Waals surface area (Å²) >= 11 is 0. The molecule has 2 unspecified atom stereocenters. The van der Waals surface area contributed by atoms with E-state index >= 15 is 0 Å². The summed E-state index contributed by atoms with van der Waals surface area (Å²) in [6.45, 7) is 0.219. The van der Waals surface area contributed by atoms with E-state index < -0.39 is 18.2 Å². The number of nitrogen functional groups attached to an aromatic ring is 1. The standard InChI is InChI=1S/C11H16N2O4/c12-4-3-9(14)10(15)7-5-6(11(16)17)1-2-8(7)13/h1-2,5,9-10,14-15H,3-4,12-13H2,(H,16,17). The Morgan fingerprint density at radius 2 is 2.00 bits per heavy atom. The van der Waals surface area contributed by atoms with Gasteiger partial charge in [0.2, 0.25) is 0 Å². The fourth-order valence-corrected chi connectivity index (χ4v) is 1.50. The molecular weight excluding hydrogens is 224 g/mol. The third-order valence-corrected chi connectivity index (χ3v) is 2.48. The van der Waals surface area contributed by atoms with Gasteiger partial charge in [0.15, 0.2) is 0 Å². The van der Waals surface area contributed by atoms with E-state index in [0.717, 1.165) is 0 Å². The lowest BCUT2D eigenvalue weighted by Gasteiger charge is -2.19. The van der Waals surface area contributed by atoms with E-state index in [-0.39, 0.29) is 29.8 Å². The number of aliphatic hydroxyl groups is 2. The van der Waals surface area contributed by atoms with Crippen molar-refractivity contribution in [2.45, 2.75) is 18.6 Å². The molecule has 6 nitrogen and oxygen atoms in total. The van der Waals surface area contributed by atoms with Crippen molar-refractivity contribution in [1.29, 1.82) is 0 Å². The molecule has 0 saturated carbocycles. The summed E-state index contributed by atoms with van der Waals surface area (Å²) in [4.78, 5) is 10.8. The molecule has 7 N–H and O–H groups in total. The Balaban J connectivity index is 3.03. The van der Waals surface area contributed by atoms with Crippen LogP contribution in [0.25, 0.3) is 0 Å². The molecule has 94 valence electrons. The number of anilines is 1. The first kappa shape index (κ1) is 13.4. The molecule has 0 spiro atoms. The molecule has 0 aromatic heterocycles. The van der Waals surface area contributed by atoms with Crippen LogP contribution in [-0.4, -0.2) is 33.9 Å². The molecule has 1 aromatic rings. The van der Waals surface area contributed by atoms with Crippen LogP contribution in [0.2, 0.25) is 0 Å². The second-order valence-electron chi connectivity index (χ2n) is 3.74. The van der Waals surface area contributed by atoms with Crippen molar-refractivity contribution in [1.82, 2.24) is 0 Å². The molecule has 0 bridgehead atoms. The van der Waals surface area contributed by atoms with Crippen LogP contribution < -0.4 is 11.5 Å². The lowest BCUT2D eigenvalue weighted by Crippen LogP contribution is -2.22. The number of carboxylic acids is 1. The van der Waals surface area contributed by atoms with E-state index in [0.29, 0.717) is 0 Å². The van der Waals surface area contributed by atoms with Crippen molar-refractivity contribution in [3.05, 3.63) is 29.3 Å². The summed E-state index contributed by atoms with van der Waals surface area (Å²) < 4.78 is 0. The number of carboxylic acid groups (broad SMARTS) is 1. The molecule has 17 heavy (non-hydrogen) atoms. The lowest BCUT2D eigenvalue weighted by atomic mass is 9.98. The topological polar surface area (TPSA) is 130 Å². The minimum atomic E-state index is -1.24. The van der Waals surface area contributed by atoms with Crippen molar-refractivity contribution >= 4 is 11.7 Å². The molecule has 1 aromatic carbocycles. The average Bonchev–Trinajstić information content (AvgIpc) is 2.28. The van der Waals surface area contributed by atoms with Gasteiger partial charge in [0.05, 0.1) is 11.7 Å². The van der Waals surface area contributed by atoms with Gasteiger partial charge in [0, 0.05) is 11.3 Å². The van der Waals surface area contributed by atoms with E-state index in [9.17, 15) is 15.0 Å². The van der Waals surface area contributed by atoms with Crippen LogP contribution in [-0.2, 0) is 0 Å². The summed E-state index contributed by atoms with van der Waals surface area (Å²) in [5, 5.41) is 28.2. The highest BCUT2D eigenvalue weighted by molar-refractivity contribution is 5.88. The van der Waals surface area contributed by atoms with E-state index in [1.165, 1.54) is 18.2 Å². The fraction of sp³-hybridized carbons (Fsp3) is 0.364. The minimum absolute atomic E-state index is 0.00759. The third kappa shape index (κ3) is 3.16. The largest absolute Gasteiger partial charge is 0.478 e. The van der Waals surface area contributed by atoms with Crippen molar-refractivity contribution < 1.29 is 20.1 Å². The Hall–Kier alpha value is -1.63. The molecule has 0 aliphatic heterocycles. The Kier molecular flexibility index (Phi) is 4.45. The molecule has 0 aliphatic rings. The molecule has 0 fully saturated rings. The number of carbonyl (C=O) groups is 1. The summed E-state index contributed by atoms with van der Waals surface area (Å²) in [5.74, 6) is -1.12. The maximum atomic E-state index is 10.8. The maximum Gasteiger partial charge on any atom is 0.335 e. The zero-order valence-corrected chi connectivity index (χ0v) is 9.21. The lowest BCUT2D eigenvalue weighted by molar-refractivity contribution is 0.0154. The van der Waals surface area contributed by atoms with Gasteiger partial charge in [-0.2, -0.15) is 0 Å². The van der Waals surface area contributed by atoms with Gasteiger partial charge in [-0.1, -0.05) is 0 Å². The number of hydrogen-bond acceptors (Lipinski definition) is 5. The molecular formula is C11H16N2O4. The van der Waals surface area contributed by atoms with Crippen LogP contribution in [0.1, 0.15) is 28.4 Å². The van der Waals surface area contributed by atoms with Crippen LogP contribution in [0.3, 0.4) is 0 Å². The molecule has 0 radical (unpaired) electrons. The first-order valence-electron chi connectivity index (χ1n) is 5.16. The Labute approximate surface area is 98.5 Å². The summed E-state index contributed by atoms with van der Waals surface area (Å²) in [7, 11) is 0. The van der Waals surface area contributed by atoms with Gasteiger partial charge < -0.3 is 26.8 Å². The number of hydrogen-bond donors (Lipinski definition) is 5. The summed E-state index contributed by atoms with van der Waals surface area (Å²) in [6, 6.07) is 3.97. The van der Waals surface area contributed by atoms with E-state index in [4.69, 9.17) is 16.6 Å². The van der Waals surface area contributed by atoms with Gasteiger partial charge in [0.1, 0.15) is 6.10 Å². The van der Waals surface area contributed by atoms with Crippen molar-refractivity contribution in [3.63, 3.8) is 0 Å². The first-order valence-corrected chi connectivity index (χ1v) is 5.16. The molecule has 6 heteroatoms. The molecule has 0 heterocycles. The van der Waals surface area contributed by atoms with Crippen LogP contribution in [0, 0.1) is 0 Å². The highest BCUT2D eigenvalue weighted by Crippen LogP contribution is 2.25. The molecule has 0 aliphatic carbocycles. The quantitative estimate of drug-likeness (QED) is 0.450. The monoisotopic (exact) mass is 240 g/mol. The molecule has 2 atom stereocenters. The van der Waals surface area contributed by atoms with Gasteiger partial charge in [-0.15, -0.1) is 0 Å². The number of aliphatic hydroxyl groups excluding tert-OH is 2. The van der Waals surface area contributed by atoms with Gasteiger partial charge >= 0.3 is 5.97 Å². The normalized spacial score (nSPS) is 14.3. The number of aromatic carboxylic acids is 1. The highest BCUT2D eigenvalue weighted by atomic mass is 16.4. The van der Waals surface area contributed by atoms with Gasteiger partial charge in [0.25, 0.3) is 0 Å². The first-order chi connectivity index (χ1) is 7.97. The second kappa shape index (κ2) is 5.62. The van der Waals surface area contributed by atoms with Crippen LogP contribution in [0.5, 0.6) is 0 Å². The van der Waals surface area contributed by atoms with Gasteiger partial charge in [-0.25, -0.2) is 4.79 Å². The van der Waals surface area contributed by atoms with Crippen molar-refractivity contribution in [2.75, 3.05) is 12.3 Å². The zero-order valence-electron chi connectivity index (χ0n) is 9.21. The smallest absolute Gasteiger partial charge is 0.335 e. The van der Waals surface area contributed by atoms with Crippen LogP contribution in [0.4, 0.5) is 5.69 Å². The highest BCUT2D eigenvalue weighted by Gasteiger charge is 2.21. The Morgan fingerprint density at radius 1 is 1.35 bits per heavy atom. The molecule has 0 saturated heterocycles. The number of benzene rings is 1. The zero-order chi connectivity index (χ0) is 13.0. The predicted molar refractivity (Wildman–Crippen MR) is 62.5 cm³/mol. The molecule has 1 rings (SSSR count). The average molecular weight is 240 g/mol. The van der Waals surface area contributed by atoms with E-state index in [1.807, 2.05) is 0 Å². The van der Waals surface area contributed by atoms with Gasteiger partial charge in [-0.3, -0.25) is 0 Å². The fourth-order valence-electron chi connectivity index (χ4n) is 1.50. The van der Waals surface area contributed by atoms with Crippen molar-refractivity contribution in [2.24, 2.45) is 5.73 Å². The Bertz CT molecular complexity index is 408. The minimum Gasteiger partial charge on any atom is -0.478 e. The molecule has 0 amide bonds. The van der Waals surface area contributed by atoms with E-state index in [1.54, 1.807) is 0 Å². The predicted octanol–water partition coefficient (Wildman–Crippen LogP) is -0.290. The summed E-state index contributed by atoms with van der Waals surface area (Å²) in [6.07, 6.45) is -2.10. The SMILES string of the molecule is NCCC(O)C(O)c1cc(C(=O)O)ccc1N. The van der Waals surface area contributed by atoms with E-state index in [2.05, 4.69) is 0 Å². The van der Waals surface area contributed by atoms with Gasteiger partial charge in [-0.05, 0) is 31.2 Å². The number of nitrogens with two attached hydrogens (primary N) is 2. The summed E-state index contributed by atoms with van der Waals surface area (Å²) in [5.41, 5.74) is 11.3. The van der Waals surface area contributed by atoms with Crippen LogP contribution >= 0.6 is 0 Å². The maximum absolute atomic E-state index is 10.8.